The van der Waals surface area contributed by atoms with Gasteiger partial charge >= 0.3 is 0 Å². The molecule has 1 heterocycles. The van der Waals surface area contributed by atoms with Crippen LogP contribution >= 0.6 is 0 Å². The molecule has 98 valence electrons. The number of nitrogens with zero attached hydrogens (tertiary/aromatic N) is 1. The van der Waals surface area contributed by atoms with Crippen LogP contribution in [0.4, 0.5) is 0 Å². The van der Waals surface area contributed by atoms with Gasteiger partial charge in [-0.2, -0.15) is 0 Å². The van der Waals surface area contributed by atoms with Crippen molar-refractivity contribution in [2.24, 2.45) is 0 Å². The number of ether oxygens (including phenoxy) is 1. The highest BCUT2D eigenvalue weighted by atomic mass is 16.5. The van der Waals surface area contributed by atoms with Crippen molar-refractivity contribution < 1.29 is 9.84 Å². The lowest BCUT2D eigenvalue weighted by molar-refractivity contribution is 0.0479. The van der Waals surface area contributed by atoms with Crippen LogP contribution in [0.25, 0.3) is 0 Å². The number of hydrogen-bond donors (Lipinski definition) is 1. The summed E-state index contributed by atoms with van der Waals surface area (Å²) in [6.07, 6.45) is 4.12. The van der Waals surface area contributed by atoms with Crippen molar-refractivity contribution in [2.75, 3.05) is 20.2 Å². The molecule has 2 aliphatic rings. The van der Waals surface area contributed by atoms with E-state index in [1.165, 1.54) is 24.0 Å². The lowest BCUT2D eigenvalue weighted by Crippen LogP contribution is -2.38. The molecule has 2 atom stereocenters. The Morgan fingerprint density at radius 2 is 2.06 bits per heavy atom. The summed E-state index contributed by atoms with van der Waals surface area (Å²) in [5.74, 6) is 0.922. The summed E-state index contributed by atoms with van der Waals surface area (Å²) in [6.45, 7) is 2.24. The number of aliphatic hydroxyl groups is 1. The molecule has 0 aromatic heterocycles. The Bertz CT molecular complexity index is 427. The summed E-state index contributed by atoms with van der Waals surface area (Å²) in [6, 6.07) is 6.48. The lowest BCUT2D eigenvalue weighted by atomic mass is 9.84. The van der Waals surface area contributed by atoms with Crippen LogP contribution in [0.2, 0.25) is 0 Å². The predicted octanol–water partition coefficient (Wildman–Crippen LogP) is 2.14. The first-order chi connectivity index (χ1) is 8.79. The fraction of sp³-hybridized carbons (Fsp3) is 0.600. The molecule has 0 unspecified atom stereocenters. The summed E-state index contributed by atoms with van der Waals surface area (Å²) in [5.41, 5.74) is 2.65. The van der Waals surface area contributed by atoms with Gasteiger partial charge in [0.15, 0.2) is 0 Å². The van der Waals surface area contributed by atoms with Crippen LogP contribution in [0.3, 0.4) is 0 Å². The molecular formula is C15H21NO2. The van der Waals surface area contributed by atoms with Gasteiger partial charge in [0, 0.05) is 0 Å². The summed E-state index contributed by atoms with van der Waals surface area (Å²) >= 11 is 0. The molecule has 1 aromatic rings. The second kappa shape index (κ2) is 4.90. The van der Waals surface area contributed by atoms with Gasteiger partial charge in [-0.05, 0) is 62.0 Å². The second-order valence-corrected chi connectivity index (χ2v) is 5.36. The fourth-order valence-electron chi connectivity index (χ4n) is 3.34. The summed E-state index contributed by atoms with van der Waals surface area (Å²) in [4.78, 5) is 2.44. The van der Waals surface area contributed by atoms with Crippen LogP contribution in [-0.4, -0.2) is 36.3 Å². The average molecular weight is 247 g/mol. The monoisotopic (exact) mass is 247 g/mol. The van der Waals surface area contributed by atoms with Gasteiger partial charge in [0.1, 0.15) is 5.75 Å². The molecule has 1 aliphatic heterocycles. The average Bonchev–Trinajstić information content (AvgIpc) is 2.91. The van der Waals surface area contributed by atoms with Crippen LogP contribution in [-0.2, 0) is 6.42 Å². The number of hydrogen-bond acceptors (Lipinski definition) is 3. The first-order valence-electron chi connectivity index (χ1n) is 6.88. The topological polar surface area (TPSA) is 32.7 Å². The molecule has 0 radical (unpaired) electrons. The maximum absolute atomic E-state index is 10.3. The van der Waals surface area contributed by atoms with E-state index in [-0.39, 0.29) is 12.1 Å². The van der Waals surface area contributed by atoms with Gasteiger partial charge in [-0.3, -0.25) is 4.90 Å². The molecule has 1 aliphatic carbocycles. The zero-order valence-electron chi connectivity index (χ0n) is 10.9. The lowest BCUT2D eigenvalue weighted by Gasteiger charge is -2.37. The highest BCUT2D eigenvalue weighted by molar-refractivity contribution is 5.40. The molecule has 0 spiro atoms. The number of benzene rings is 1. The smallest absolute Gasteiger partial charge is 0.119 e. The maximum Gasteiger partial charge on any atom is 0.119 e. The molecule has 1 aromatic carbocycles. The predicted molar refractivity (Wildman–Crippen MR) is 70.9 cm³/mol. The molecular weight excluding hydrogens is 226 g/mol. The number of likely N-dealkylation sites (tertiary alicyclic amines) is 1. The fourth-order valence-corrected chi connectivity index (χ4v) is 3.34. The van der Waals surface area contributed by atoms with E-state index in [1.54, 1.807) is 7.11 Å². The van der Waals surface area contributed by atoms with Crippen LogP contribution in [0.5, 0.6) is 5.75 Å². The summed E-state index contributed by atoms with van der Waals surface area (Å²) in [7, 11) is 1.71. The van der Waals surface area contributed by atoms with Crippen molar-refractivity contribution in [3.63, 3.8) is 0 Å². The molecule has 1 N–H and O–H groups in total. The minimum atomic E-state index is -0.219. The Kier molecular flexibility index (Phi) is 3.27. The Hall–Kier alpha value is -1.06. The van der Waals surface area contributed by atoms with Gasteiger partial charge in [0.05, 0.1) is 19.3 Å². The molecule has 3 nitrogen and oxygen atoms in total. The minimum Gasteiger partial charge on any atom is -0.497 e. The van der Waals surface area contributed by atoms with Gasteiger partial charge < -0.3 is 9.84 Å². The zero-order valence-corrected chi connectivity index (χ0v) is 10.9. The van der Waals surface area contributed by atoms with Crippen molar-refractivity contribution in [3.05, 3.63) is 29.3 Å². The second-order valence-electron chi connectivity index (χ2n) is 5.36. The standard InChI is InChI=1S/C15H21NO2/c1-18-12-5-6-13-11(10-12)4-7-14(17)15(13)16-8-2-3-9-16/h5-6,10,14-15,17H,2-4,7-9H2,1H3/t14-,15-/m1/s1. The zero-order chi connectivity index (χ0) is 12.5. The highest BCUT2D eigenvalue weighted by Crippen LogP contribution is 2.37. The molecule has 0 saturated carbocycles. The Morgan fingerprint density at radius 1 is 1.28 bits per heavy atom. The van der Waals surface area contributed by atoms with E-state index in [0.717, 1.165) is 31.7 Å². The minimum absolute atomic E-state index is 0.196. The first kappa shape index (κ1) is 12.0. The third-order valence-electron chi connectivity index (χ3n) is 4.28. The van der Waals surface area contributed by atoms with E-state index in [1.807, 2.05) is 6.07 Å². The quantitative estimate of drug-likeness (QED) is 0.869. The molecule has 1 fully saturated rings. The molecule has 0 bridgehead atoms. The van der Waals surface area contributed by atoms with E-state index in [2.05, 4.69) is 17.0 Å². The Labute approximate surface area is 108 Å². The SMILES string of the molecule is COc1ccc2c(c1)CC[C@@H](O)[C@@H]2N1CCCC1. The highest BCUT2D eigenvalue weighted by Gasteiger charge is 2.34. The summed E-state index contributed by atoms with van der Waals surface area (Å²) < 4.78 is 5.29. The Balaban J connectivity index is 1.95. The van der Waals surface area contributed by atoms with E-state index in [9.17, 15) is 5.11 Å². The number of rotatable bonds is 2. The van der Waals surface area contributed by atoms with E-state index >= 15 is 0 Å². The number of fused-ring (bicyclic) bond motifs is 1. The van der Waals surface area contributed by atoms with Crippen LogP contribution in [0.15, 0.2) is 18.2 Å². The number of aliphatic hydroxyl groups excluding tert-OH is 1. The molecule has 3 heteroatoms. The molecule has 18 heavy (non-hydrogen) atoms. The third-order valence-corrected chi connectivity index (χ3v) is 4.28. The first-order valence-corrected chi connectivity index (χ1v) is 6.88. The molecule has 1 saturated heterocycles. The molecule has 0 amide bonds. The van der Waals surface area contributed by atoms with Crippen molar-refractivity contribution in [2.45, 2.75) is 37.8 Å². The van der Waals surface area contributed by atoms with Crippen LogP contribution in [0.1, 0.15) is 36.4 Å². The van der Waals surface area contributed by atoms with Crippen LogP contribution < -0.4 is 4.74 Å². The van der Waals surface area contributed by atoms with E-state index < -0.39 is 0 Å². The van der Waals surface area contributed by atoms with Crippen molar-refractivity contribution in [3.8, 4) is 5.75 Å². The summed E-state index contributed by atoms with van der Waals surface area (Å²) in [5, 5.41) is 10.3. The normalized spacial score (nSPS) is 28.1. The van der Waals surface area contributed by atoms with Gasteiger partial charge in [-0.15, -0.1) is 0 Å². The van der Waals surface area contributed by atoms with E-state index in [4.69, 9.17) is 4.74 Å². The maximum atomic E-state index is 10.3. The van der Waals surface area contributed by atoms with Crippen molar-refractivity contribution >= 4 is 0 Å². The Morgan fingerprint density at radius 3 is 2.78 bits per heavy atom. The van der Waals surface area contributed by atoms with Gasteiger partial charge in [-0.1, -0.05) is 6.07 Å². The number of methoxy groups -OCH3 is 1. The largest absolute Gasteiger partial charge is 0.497 e. The number of aryl methyl sites for hydroxylation is 1. The van der Waals surface area contributed by atoms with Gasteiger partial charge in [0.2, 0.25) is 0 Å². The van der Waals surface area contributed by atoms with Gasteiger partial charge in [-0.25, -0.2) is 0 Å². The van der Waals surface area contributed by atoms with E-state index in [0.29, 0.717) is 0 Å². The van der Waals surface area contributed by atoms with Crippen molar-refractivity contribution in [1.29, 1.82) is 0 Å². The third kappa shape index (κ3) is 2.02. The van der Waals surface area contributed by atoms with Gasteiger partial charge in [0.25, 0.3) is 0 Å². The van der Waals surface area contributed by atoms with Crippen LogP contribution in [0, 0.1) is 0 Å². The van der Waals surface area contributed by atoms with Crippen molar-refractivity contribution in [1.82, 2.24) is 4.90 Å². The molecule has 3 rings (SSSR count).